The van der Waals surface area contributed by atoms with Crippen LogP contribution in [0.5, 0.6) is 0 Å². The van der Waals surface area contributed by atoms with E-state index in [4.69, 9.17) is 9.47 Å². The van der Waals surface area contributed by atoms with Crippen LogP contribution in [-0.2, 0) is 29.2 Å². The van der Waals surface area contributed by atoms with E-state index in [0.717, 1.165) is 51.4 Å². The molecule has 0 aromatic heterocycles. The fraction of sp³-hybridized carbons (Fsp3) is 0.923. The van der Waals surface area contributed by atoms with Crippen molar-refractivity contribution in [3.05, 3.63) is 0 Å². The van der Waals surface area contributed by atoms with Gasteiger partial charge in [-0.3, -0.25) is 9.59 Å². The number of esters is 2. The summed E-state index contributed by atoms with van der Waals surface area (Å²) in [5.41, 5.74) is 0. The van der Waals surface area contributed by atoms with E-state index in [1.165, 1.54) is 25.7 Å². The average molecular weight is 531 g/mol. The molecule has 0 bridgehead atoms. The van der Waals surface area contributed by atoms with Crippen molar-refractivity contribution >= 4 is 22.1 Å². The Morgan fingerprint density at radius 2 is 1.11 bits per heavy atom. The summed E-state index contributed by atoms with van der Waals surface area (Å²) in [5, 5.41) is -2.06. The summed E-state index contributed by atoms with van der Waals surface area (Å²) in [6.45, 7) is 12.7. The average Bonchev–Trinajstić information content (AvgIpc) is 2.80. The monoisotopic (exact) mass is 530 g/mol. The second kappa shape index (κ2) is 25.5. The molecule has 0 amide bonds. The first kappa shape index (κ1) is 39.4. The van der Waals surface area contributed by atoms with Crippen molar-refractivity contribution in [2.45, 2.75) is 130 Å². The summed E-state index contributed by atoms with van der Waals surface area (Å²) in [5.74, 6) is -1.74. The molecule has 0 spiro atoms. The molecule has 0 aromatic carbocycles. The maximum atomic E-state index is 12.1. The Labute approximate surface area is 237 Å². The number of unbranched alkanes of at least 4 members (excludes halogenated alkanes) is 5. The van der Waals surface area contributed by atoms with E-state index >= 15 is 0 Å². The molecular weight excluding hydrogens is 479 g/mol. The molecular formula is C26H51NaO7S. The maximum Gasteiger partial charge on any atom is 1.00 e. The summed E-state index contributed by atoms with van der Waals surface area (Å²) in [6, 6.07) is 0. The summed E-state index contributed by atoms with van der Waals surface area (Å²) in [4.78, 5) is 24.1. The first-order chi connectivity index (χ1) is 16.1. The van der Waals surface area contributed by atoms with E-state index in [-0.39, 0.29) is 54.6 Å². The van der Waals surface area contributed by atoms with Crippen LogP contribution in [0.1, 0.15) is 125 Å². The number of carbonyl (C=O) groups is 2. The van der Waals surface area contributed by atoms with E-state index in [1.807, 2.05) is 13.8 Å². The summed E-state index contributed by atoms with van der Waals surface area (Å²) >= 11 is 0. The molecule has 9 heteroatoms. The normalized spacial score (nSPS) is 13.5. The maximum absolute atomic E-state index is 12.1. The Morgan fingerprint density at radius 1 is 0.714 bits per heavy atom. The first-order valence-corrected chi connectivity index (χ1v) is 14.8. The van der Waals surface area contributed by atoms with E-state index in [2.05, 4.69) is 27.7 Å². The smallest absolute Gasteiger partial charge is 0.747 e. The predicted molar refractivity (Wildman–Crippen MR) is 136 cm³/mol. The van der Waals surface area contributed by atoms with E-state index < -0.39 is 33.7 Å². The molecule has 0 fully saturated rings. The van der Waals surface area contributed by atoms with Crippen LogP contribution >= 0.6 is 0 Å². The van der Waals surface area contributed by atoms with Gasteiger partial charge in [0.1, 0.15) is 10.1 Å². The molecule has 0 saturated heterocycles. The van der Waals surface area contributed by atoms with Crippen molar-refractivity contribution in [2.24, 2.45) is 11.8 Å². The fourth-order valence-corrected chi connectivity index (χ4v) is 3.96. The number of hydrogen-bond acceptors (Lipinski definition) is 7. The first-order valence-electron chi connectivity index (χ1n) is 13.4. The van der Waals surface area contributed by atoms with Gasteiger partial charge in [-0.05, 0) is 24.7 Å². The molecule has 0 aliphatic carbocycles. The Kier molecular flexibility index (Phi) is 28.7. The Balaban J connectivity index is -0.00000129. The van der Waals surface area contributed by atoms with Gasteiger partial charge in [-0.15, -0.1) is 0 Å². The van der Waals surface area contributed by atoms with Gasteiger partial charge in [0.15, 0.2) is 5.25 Å². The zero-order valence-corrected chi connectivity index (χ0v) is 26.4. The zero-order chi connectivity index (χ0) is 26.4. The molecule has 0 rings (SSSR count). The molecule has 204 valence electrons. The van der Waals surface area contributed by atoms with Crippen molar-refractivity contribution in [3.8, 4) is 0 Å². The molecule has 0 N–H and O–H groups in total. The number of hydrogen-bond donors (Lipinski definition) is 0. The third kappa shape index (κ3) is 22.8. The zero-order valence-electron chi connectivity index (χ0n) is 23.6. The van der Waals surface area contributed by atoms with Crippen molar-refractivity contribution < 1.29 is 61.6 Å². The molecule has 7 nitrogen and oxygen atoms in total. The minimum Gasteiger partial charge on any atom is -0.747 e. The van der Waals surface area contributed by atoms with Gasteiger partial charge in [-0.1, -0.05) is 106 Å². The van der Waals surface area contributed by atoms with Gasteiger partial charge < -0.3 is 14.0 Å². The quantitative estimate of drug-likeness (QED) is 0.109. The molecule has 0 radical (unpaired) electrons. The topological polar surface area (TPSA) is 110 Å². The molecule has 0 saturated carbocycles. The van der Waals surface area contributed by atoms with Gasteiger partial charge >= 0.3 is 41.5 Å². The number of ether oxygens (including phenoxy) is 2. The van der Waals surface area contributed by atoms with E-state index in [9.17, 15) is 22.6 Å². The Hall–Kier alpha value is -0.150. The second-order valence-electron chi connectivity index (χ2n) is 9.04. The molecule has 3 unspecified atom stereocenters. The van der Waals surface area contributed by atoms with E-state index in [0.29, 0.717) is 0 Å². The van der Waals surface area contributed by atoms with Gasteiger partial charge in [0, 0.05) is 0 Å². The van der Waals surface area contributed by atoms with Crippen LogP contribution in [0.3, 0.4) is 0 Å². The van der Waals surface area contributed by atoms with E-state index in [1.54, 1.807) is 0 Å². The molecule has 0 aliphatic heterocycles. The summed E-state index contributed by atoms with van der Waals surface area (Å²) < 4.78 is 44.6. The van der Waals surface area contributed by atoms with Crippen LogP contribution < -0.4 is 29.6 Å². The number of rotatable bonds is 19. The minimum absolute atomic E-state index is 0. The van der Waals surface area contributed by atoms with Gasteiger partial charge in [0.25, 0.3) is 0 Å². The number of carbonyl (C=O) groups excluding carboxylic acids is 2. The van der Waals surface area contributed by atoms with Crippen LogP contribution in [0.15, 0.2) is 0 Å². The second-order valence-corrected chi connectivity index (χ2v) is 10.6. The fourth-order valence-electron chi connectivity index (χ4n) is 3.31. The van der Waals surface area contributed by atoms with Crippen LogP contribution in [0.2, 0.25) is 0 Å². The van der Waals surface area contributed by atoms with Gasteiger partial charge in [0.2, 0.25) is 0 Å². The summed E-state index contributed by atoms with van der Waals surface area (Å²) in [7, 11) is -5.01. The minimum atomic E-state index is -5.01. The summed E-state index contributed by atoms with van der Waals surface area (Å²) in [6.07, 6.45) is 12.1. The van der Waals surface area contributed by atoms with Gasteiger partial charge in [-0.2, -0.15) is 0 Å². The SMILES string of the molecule is CCCCC(CC)COC(=O)CC(C(=O)OCC(CC)CCCC)S(=O)(=O)[O-].CCCCCC.[Na+]. The van der Waals surface area contributed by atoms with Crippen LogP contribution in [0.4, 0.5) is 0 Å². The van der Waals surface area contributed by atoms with Crippen molar-refractivity contribution in [2.75, 3.05) is 13.2 Å². The standard InChI is InChI=1S/C20H38O7S.C6H14.Na/c1-5-9-11-16(7-3)14-26-19(21)13-18(28(23,24)25)20(22)27-15-17(8-4)12-10-6-2;1-3-5-6-4-2;/h16-18H,5-15H2,1-4H3,(H,23,24,25);3-6H2,1-2H3;/q;;+1/p-1. The van der Waals surface area contributed by atoms with Crippen LogP contribution in [-0.4, -0.2) is 43.4 Å². The van der Waals surface area contributed by atoms with Crippen LogP contribution in [0.25, 0.3) is 0 Å². The van der Waals surface area contributed by atoms with Crippen molar-refractivity contribution in [1.82, 2.24) is 0 Å². The van der Waals surface area contributed by atoms with Crippen molar-refractivity contribution in [1.29, 1.82) is 0 Å². The Morgan fingerprint density at radius 3 is 1.46 bits per heavy atom. The molecule has 0 aromatic rings. The molecule has 35 heavy (non-hydrogen) atoms. The van der Waals surface area contributed by atoms with Crippen molar-refractivity contribution in [3.63, 3.8) is 0 Å². The largest absolute Gasteiger partial charge is 1.00 e. The molecule has 3 atom stereocenters. The Bertz CT molecular complexity index is 607. The molecule has 0 heterocycles. The van der Waals surface area contributed by atoms with Gasteiger partial charge in [0.05, 0.1) is 19.6 Å². The van der Waals surface area contributed by atoms with Crippen LogP contribution in [0, 0.1) is 11.8 Å². The third-order valence-electron chi connectivity index (χ3n) is 5.95. The van der Waals surface area contributed by atoms with Gasteiger partial charge in [-0.25, -0.2) is 8.42 Å². The predicted octanol–water partition coefficient (Wildman–Crippen LogP) is 3.40. The third-order valence-corrected chi connectivity index (χ3v) is 7.00. The molecule has 0 aliphatic rings.